The molecule has 0 fully saturated rings. The zero-order valence-electron chi connectivity index (χ0n) is 10.7. The maximum atomic E-state index is 12.0. The molecule has 1 heterocycles. The highest BCUT2D eigenvalue weighted by atomic mass is 35.5. The van der Waals surface area contributed by atoms with Crippen molar-refractivity contribution in [2.45, 2.75) is 23.0 Å². The molecule has 0 radical (unpaired) electrons. The van der Waals surface area contributed by atoms with Crippen LogP contribution in [0.15, 0.2) is 29.2 Å². The molecule has 1 amide bonds. The summed E-state index contributed by atoms with van der Waals surface area (Å²) in [5.41, 5.74) is 1.28. The Labute approximate surface area is 123 Å². The Morgan fingerprint density at radius 2 is 2.26 bits per heavy atom. The van der Waals surface area contributed by atoms with E-state index in [9.17, 15) is 4.79 Å². The molecule has 0 aromatic heterocycles. The average molecular weight is 300 g/mol. The molecule has 104 valence electrons. The van der Waals surface area contributed by atoms with Crippen LogP contribution >= 0.6 is 23.4 Å². The standard InChI is InChI=1S/C14H18ClNO2S/c15-6-9-18-8-3-7-16-14(17)13-10-11-4-1-2-5-12(11)19-13/h1-2,4-5,13H,3,6-10H2,(H,16,17). The van der Waals surface area contributed by atoms with E-state index in [1.54, 1.807) is 11.8 Å². The largest absolute Gasteiger partial charge is 0.380 e. The number of rotatable bonds is 7. The van der Waals surface area contributed by atoms with Crippen molar-refractivity contribution in [3.05, 3.63) is 29.8 Å². The van der Waals surface area contributed by atoms with Crippen LogP contribution in [0.1, 0.15) is 12.0 Å². The van der Waals surface area contributed by atoms with Gasteiger partial charge in [-0.25, -0.2) is 0 Å². The monoisotopic (exact) mass is 299 g/mol. The molecule has 1 N–H and O–H groups in total. The number of nitrogens with one attached hydrogen (secondary N) is 1. The maximum Gasteiger partial charge on any atom is 0.233 e. The number of fused-ring (bicyclic) bond motifs is 1. The summed E-state index contributed by atoms with van der Waals surface area (Å²) in [7, 11) is 0. The normalized spacial score (nSPS) is 17.2. The van der Waals surface area contributed by atoms with Crippen molar-refractivity contribution in [1.82, 2.24) is 5.32 Å². The molecular formula is C14H18ClNO2S. The minimum atomic E-state index is 0.0150. The summed E-state index contributed by atoms with van der Waals surface area (Å²) in [6.07, 6.45) is 1.66. The summed E-state index contributed by atoms with van der Waals surface area (Å²) in [4.78, 5) is 13.2. The smallest absolute Gasteiger partial charge is 0.233 e. The van der Waals surface area contributed by atoms with Gasteiger partial charge in [-0.1, -0.05) is 18.2 Å². The van der Waals surface area contributed by atoms with Gasteiger partial charge in [0.1, 0.15) is 0 Å². The van der Waals surface area contributed by atoms with Crippen LogP contribution in [0.2, 0.25) is 0 Å². The van der Waals surface area contributed by atoms with Crippen LogP contribution in [0.4, 0.5) is 0 Å². The molecule has 1 aromatic carbocycles. The van der Waals surface area contributed by atoms with Crippen LogP contribution in [0.5, 0.6) is 0 Å². The number of halogens is 1. The molecule has 0 aliphatic carbocycles. The first-order valence-electron chi connectivity index (χ1n) is 6.47. The highest BCUT2D eigenvalue weighted by Crippen LogP contribution is 2.36. The SMILES string of the molecule is O=C(NCCCOCCCl)C1Cc2ccccc2S1. The molecule has 2 rings (SSSR count). The summed E-state index contributed by atoms with van der Waals surface area (Å²) in [5.74, 6) is 0.641. The molecule has 0 bridgehead atoms. The van der Waals surface area contributed by atoms with Crippen molar-refractivity contribution in [2.24, 2.45) is 0 Å². The number of benzene rings is 1. The number of hydrogen-bond donors (Lipinski definition) is 1. The minimum absolute atomic E-state index is 0.0150. The number of alkyl halides is 1. The van der Waals surface area contributed by atoms with E-state index in [1.807, 2.05) is 12.1 Å². The molecule has 0 saturated carbocycles. The zero-order chi connectivity index (χ0) is 13.5. The summed E-state index contributed by atoms with van der Waals surface area (Å²) in [6, 6.07) is 8.21. The predicted molar refractivity (Wildman–Crippen MR) is 79.0 cm³/mol. The molecule has 1 aliphatic rings. The van der Waals surface area contributed by atoms with Gasteiger partial charge in [0.25, 0.3) is 0 Å². The number of carbonyl (C=O) groups excluding carboxylic acids is 1. The van der Waals surface area contributed by atoms with E-state index in [1.165, 1.54) is 10.5 Å². The molecule has 5 heteroatoms. The fourth-order valence-corrected chi connectivity index (χ4v) is 3.31. The van der Waals surface area contributed by atoms with Gasteiger partial charge in [0.05, 0.1) is 11.9 Å². The Morgan fingerprint density at radius 1 is 1.42 bits per heavy atom. The van der Waals surface area contributed by atoms with Gasteiger partial charge < -0.3 is 10.1 Å². The Kier molecular flexibility index (Phi) is 6.01. The van der Waals surface area contributed by atoms with Crippen LogP contribution < -0.4 is 5.32 Å². The molecule has 3 nitrogen and oxygen atoms in total. The van der Waals surface area contributed by atoms with E-state index in [4.69, 9.17) is 16.3 Å². The summed E-state index contributed by atoms with van der Waals surface area (Å²) >= 11 is 7.15. The Bertz CT molecular complexity index is 403. The zero-order valence-corrected chi connectivity index (χ0v) is 12.3. The van der Waals surface area contributed by atoms with Crippen molar-refractivity contribution in [3.63, 3.8) is 0 Å². The lowest BCUT2D eigenvalue weighted by Crippen LogP contribution is -2.33. The van der Waals surface area contributed by atoms with Crippen LogP contribution in [0.3, 0.4) is 0 Å². The maximum absolute atomic E-state index is 12.0. The van der Waals surface area contributed by atoms with Crippen LogP contribution in [-0.2, 0) is 16.0 Å². The van der Waals surface area contributed by atoms with Gasteiger partial charge in [0.15, 0.2) is 0 Å². The fourth-order valence-electron chi connectivity index (χ4n) is 1.98. The van der Waals surface area contributed by atoms with Crippen molar-refractivity contribution >= 4 is 29.3 Å². The third-order valence-corrected chi connectivity index (χ3v) is 4.40. The van der Waals surface area contributed by atoms with Gasteiger partial charge in [-0.15, -0.1) is 23.4 Å². The quantitative estimate of drug-likeness (QED) is 0.621. The third-order valence-electron chi connectivity index (χ3n) is 2.93. The Hall–Kier alpha value is -0.710. The lowest BCUT2D eigenvalue weighted by atomic mass is 10.1. The van der Waals surface area contributed by atoms with Crippen LogP contribution in [0.25, 0.3) is 0 Å². The molecule has 1 atom stereocenters. The number of amides is 1. The van der Waals surface area contributed by atoms with E-state index >= 15 is 0 Å². The summed E-state index contributed by atoms with van der Waals surface area (Å²) < 4.78 is 5.25. The molecule has 1 unspecified atom stereocenters. The predicted octanol–water partition coefficient (Wildman–Crippen LogP) is 2.47. The van der Waals surface area contributed by atoms with Crippen LogP contribution in [0, 0.1) is 0 Å². The van der Waals surface area contributed by atoms with E-state index < -0.39 is 0 Å². The molecule has 0 saturated heterocycles. The van der Waals surface area contributed by atoms with Gasteiger partial charge in [-0.05, 0) is 24.5 Å². The average Bonchev–Trinajstić information content (AvgIpc) is 2.86. The highest BCUT2D eigenvalue weighted by Gasteiger charge is 2.27. The minimum Gasteiger partial charge on any atom is -0.380 e. The first-order valence-corrected chi connectivity index (χ1v) is 7.88. The lowest BCUT2D eigenvalue weighted by molar-refractivity contribution is -0.120. The number of hydrogen-bond acceptors (Lipinski definition) is 3. The first kappa shape index (κ1) is 14.7. The van der Waals surface area contributed by atoms with Gasteiger partial charge in [-0.2, -0.15) is 0 Å². The number of ether oxygens (including phenoxy) is 1. The van der Waals surface area contributed by atoms with Crippen molar-refractivity contribution in [3.8, 4) is 0 Å². The van der Waals surface area contributed by atoms with Crippen LogP contribution in [-0.4, -0.2) is 36.8 Å². The number of thioether (sulfide) groups is 1. The van der Waals surface area contributed by atoms with Gasteiger partial charge >= 0.3 is 0 Å². The Morgan fingerprint density at radius 3 is 3.05 bits per heavy atom. The second-order valence-corrected chi connectivity index (χ2v) is 5.99. The summed E-state index contributed by atoms with van der Waals surface area (Å²) in [5, 5.41) is 2.98. The fraction of sp³-hybridized carbons (Fsp3) is 0.500. The first-order chi connectivity index (χ1) is 9.31. The van der Waals surface area contributed by atoms with Gasteiger partial charge in [0, 0.05) is 23.9 Å². The molecular weight excluding hydrogens is 282 g/mol. The van der Waals surface area contributed by atoms with E-state index in [0.29, 0.717) is 25.6 Å². The topological polar surface area (TPSA) is 38.3 Å². The second-order valence-electron chi connectivity index (χ2n) is 4.36. The van der Waals surface area contributed by atoms with Crippen molar-refractivity contribution in [2.75, 3.05) is 25.6 Å². The van der Waals surface area contributed by atoms with E-state index in [0.717, 1.165) is 12.8 Å². The van der Waals surface area contributed by atoms with Crippen molar-refractivity contribution < 1.29 is 9.53 Å². The van der Waals surface area contributed by atoms with E-state index in [2.05, 4.69) is 17.4 Å². The molecule has 1 aromatic rings. The number of carbonyl (C=O) groups is 1. The molecule has 0 spiro atoms. The summed E-state index contributed by atoms with van der Waals surface area (Å²) in [6.45, 7) is 1.88. The Balaban J connectivity index is 1.66. The van der Waals surface area contributed by atoms with Gasteiger partial charge in [0.2, 0.25) is 5.91 Å². The van der Waals surface area contributed by atoms with Gasteiger partial charge in [-0.3, -0.25) is 4.79 Å². The second kappa shape index (κ2) is 7.78. The van der Waals surface area contributed by atoms with Crippen molar-refractivity contribution in [1.29, 1.82) is 0 Å². The van der Waals surface area contributed by atoms with E-state index in [-0.39, 0.29) is 11.2 Å². The highest BCUT2D eigenvalue weighted by molar-refractivity contribution is 8.01. The molecule has 1 aliphatic heterocycles. The molecule has 19 heavy (non-hydrogen) atoms. The third kappa shape index (κ3) is 4.41. The lowest BCUT2D eigenvalue weighted by Gasteiger charge is -2.09.